The number of nitro groups is 1. The highest BCUT2D eigenvalue weighted by Crippen LogP contribution is 2.30. The summed E-state index contributed by atoms with van der Waals surface area (Å²) in [6.07, 6.45) is -2.23. The molecule has 0 atom stereocenters. The van der Waals surface area contributed by atoms with Crippen LogP contribution in [-0.4, -0.2) is 9.91 Å². The summed E-state index contributed by atoms with van der Waals surface area (Å²) in [4.78, 5) is 13.1. The molecule has 0 saturated heterocycles. The van der Waals surface area contributed by atoms with E-state index in [1.165, 1.54) is 6.07 Å². The van der Waals surface area contributed by atoms with Crippen LogP contribution in [0.15, 0.2) is 6.20 Å². The fourth-order valence-corrected chi connectivity index (χ4v) is 1.67. The Hall–Kier alpha value is -1.62. The number of rotatable bonds is 3. The number of nitrogens with zero attached hydrogens (tertiary/aromatic N) is 3. The molecule has 16 heavy (non-hydrogen) atoms. The van der Waals surface area contributed by atoms with Crippen molar-refractivity contribution < 1.29 is 13.7 Å². The highest BCUT2D eigenvalue weighted by atomic mass is 79.9. The molecule has 0 aliphatic heterocycles. The van der Waals surface area contributed by atoms with Gasteiger partial charge in [-0.15, -0.1) is 0 Å². The minimum absolute atomic E-state index is 0.0836. The van der Waals surface area contributed by atoms with E-state index in [0.717, 1.165) is 0 Å². The van der Waals surface area contributed by atoms with Crippen molar-refractivity contribution in [2.45, 2.75) is 11.8 Å². The molecule has 0 aliphatic carbocycles. The molecule has 1 rings (SSSR count). The lowest BCUT2D eigenvalue weighted by Gasteiger charge is -2.05. The van der Waals surface area contributed by atoms with E-state index in [1.807, 2.05) is 0 Å². The zero-order chi connectivity index (χ0) is 12.3. The van der Waals surface area contributed by atoms with Gasteiger partial charge in [-0.2, -0.15) is 5.26 Å². The number of aromatic nitrogens is 1. The van der Waals surface area contributed by atoms with Crippen molar-refractivity contribution in [3.8, 4) is 6.07 Å². The standard InChI is InChI=1S/C8H4BrF2N3O2/c9-1-4-5(2-12)6(7(10)11)3-13-8(4)14(15)16/h3,7H,1H2. The molecule has 0 bridgehead atoms. The molecule has 0 aliphatic rings. The quantitative estimate of drug-likeness (QED) is 0.487. The van der Waals surface area contributed by atoms with E-state index >= 15 is 0 Å². The SMILES string of the molecule is N#Cc1c(C(F)F)cnc([N+](=O)[O-])c1CBr. The molecule has 0 saturated carbocycles. The van der Waals surface area contributed by atoms with Crippen molar-refractivity contribution >= 4 is 21.7 Å². The third-order valence-electron chi connectivity index (χ3n) is 1.84. The van der Waals surface area contributed by atoms with Crippen LogP contribution < -0.4 is 0 Å². The Kier molecular flexibility index (Phi) is 3.84. The number of hydrogen-bond acceptors (Lipinski definition) is 4. The molecule has 0 radical (unpaired) electrons. The normalized spacial score (nSPS) is 10.2. The zero-order valence-corrected chi connectivity index (χ0v) is 9.24. The topological polar surface area (TPSA) is 79.8 Å². The van der Waals surface area contributed by atoms with Gasteiger partial charge >= 0.3 is 5.82 Å². The largest absolute Gasteiger partial charge is 0.368 e. The van der Waals surface area contributed by atoms with E-state index in [9.17, 15) is 18.9 Å². The van der Waals surface area contributed by atoms with Crippen molar-refractivity contribution in [1.29, 1.82) is 5.26 Å². The number of alkyl halides is 3. The lowest BCUT2D eigenvalue weighted by molar-refractivity contribution is -0.390. The predicted molar refractivity (Wildman–Crippen MR) is 53.2 cm³/mol. The smallest absolute Gasteiger partial charge is 0.358 e. The Labute approximate surface area is 97.0 Å². The average molecular weight is 292 g/mol. The van der Waals surface area contributed by atoms with Gasteiger partial charge in [0.05, 0.1) is 16.7 Å². The second-order valence-electron chi connectivity index (χ2n) is 2.69. The third kappa shape index (κ3) is 2.14. The first-order valence-electron chi connectivity index (χ1n) is 3.93. The van der Waals surface area contributed by atoms with E-state index in [2.05, 4.69) is 20.9 Å². The molecule has 0 amide bonds. The summed E-state index contributed by atoms with van der Waals surface area (Å²) in [7, 11) is 0. The second kappa shape index (κ2) is 4.94. The number of hydrogen-bond donors (Lipinski definition) is 0. The van der Waals surface area contributed by atoms with Gasteiger partial charge in [-0.1, -0.05) is 15.9 Å². The Morgan fingerprint density at radius 1 is 1.69 bits per heavy atom. The lowest BCUT2D eigenvalue weighted by Crippen LogP contribution is -2.04. The fraction of sp³-hybridized carbons (Fsp3) is 0.250. The molecule has 0 unspecified atom stereocenters. The summed E-state index contributed by atoms with van der Waals surface area (Å²) >= 11 is 2.91. The van der Waals surface area contributed by atoms with E-state index in [0.29, 0.717) is 6.20 Å². The van der Waals surface area contributed by atoms with Crippen molar-refractivity contribution in [3.63, 3.8) is 0 Å². The molecule has 0 fully saturated rings. The van der Waals surface area contributed by atoms with Crippen LogP contribution in [0.4, 0.5) is 14.6 Å². The maximum absolute atomic E-state index is 12.5. The summed E-state index contributed by atoms with van der Waals surface area (Å²) in [5.41, 5.74) is -1.12. The molecular weight excluding hydrogens is 288 g/mol. The second-order valence-corrected chi connectivity index (χ2v) is 3.25. The predicted octanol–water partition coefficient (Wildman–Crippen LogP) is 2.69. The van der Waals surface area contributed by atoms with Gasteiger partial charge in [0.25, 0.3) is 6.43 Å². The van der Waals surface area contributed by atoms with Gasteiger partial charge in [0, 0.05) is 5.33 Å². The Morgan fingerprint density at radius 2 is 2.31 bits per heavy atom. The zero-order valence-electron chi connectivity index (χ0n) is 7.65. The van der Waals surface area contributed by atoms with Crippen LogP contribution >= 0.6 is 15.9 Å². The Balaban J connectivity index is 3.54. The highest BCUT2D eigenvalue weighted by molar-refractivity contribution is 9.08. The van der Waals surface area contributed by atoms with E-state index in [4.69, 9.17) is 5.26 Å². The average Bonchev–Trinajstić information content (AvgIpc) is 2.26. The van der Waals surface area contributed by atoms with Gasteiger partial charge in [0.15, 0.2) is 6.20 Å². The molecule has 0 spiro atoms. The summed E-state index contributed by atoms with van der Waals surface area (Å²) < 4.78 is 25.0. The van der Waals surface area contributed by atoms with Gasteiger partial charge in [-0.3, -0.25) is 0 Å². The minimum atomic E-state index is -2.89. The molecule has 1 aromatic heterocycles. The number of nitriles is 1. The summed E-state index contributed by atoms with van der Waals surface area (Å²) in [5, 5.41) is 19.2. The minimum Gasteiger partial charge on any atom is -0.358 e. The summed E-state index contributed by atoms with van der Waals surface area (Å²) in [6.45, 7) is 0. The molecular formula is C8H4BrF2N3O2. The first kappa shape index (κ1) is 12.4. The molecule has 8 heteroatoms. The Bertz CT molecular complexity index is 473. The van der Waals surface area contributed by atoms with Crippen LogP contribution in [0.25, 0.3) is 0 Å². The van der Waals surface area contributed by atoms with E-state index in [-0.39, 0.29) is 10.9 Å². The van der Waals surface area contributed by atoms with Gasteiger partial charge < -0.3 is 10.1 Å². The number of halogens is 3. The Morgan fingerprint density at radius 3 is 2.69 bits per heavy atom. The maximum atomic E-state index is 12.5. The molecule has 84 valence electrons. The maximum Gasteiger partial charge on any atom is 0.368 e. The number of pyridine rings is 1. The van der Waals surface area contributed by atoms with Crippen LogP contribution in [0.5, 0.6) is 0 Å². The molecule has 5 nitrogen and oxygen atoms in total. The third-order valence-corrected chi connectivity index (χ3v) is 2.40. The van der Waals surface area contributed by atoms with Crippen molar-refractivity contribution in [2.75, 3.05) is 0 Å². The van der Waals surface area contributed by atoms with Crippen molar-refractivity contribution in [1.82, 2.24) is 4.98 Å². The fourth-order valence-electron chi connectivity index (χ4n) is 1.14. The van der Waals surface area contributed by atoms with E-state index in [1.54, 1.807) is 0 Å². The van der Waals surface area contributed by atoms with Crippen LogP contribution in [-0.2, 0) is 5.33 Å². The van der Waals surface area contributed by atoms with Crippen molar-refractivity contribution in [3.05, 3.63) is 33.0 Å². The lowest BCUT2D eigenvalue weighted by atomic mass is 10.1. The van der Waals surface area contributed by atoms with Crippen LogP contribution in [0, 0.1) is 21.4 Å². The van der Waals surface area contributed by atoms with Crippen molar-refractivity contribution in [2.24, 2.45) is 0 Å². The summed E-state index contributed by atoms with van der Waals surface area (Å²) in [6, 6.07) is 1.54. The van der Waals surface area contributed by atoms with E-state index < -0.39 is 28.3 Å². The van der Waals surface area contributed by atoms with Gasteiger partial charge in [0.2, 0.25) is 0 Å². The monoisotopic (exact) mass is 291 g/mol. The van der Waals surface area contributed by atoms with Crippen LogP contribution in [0.2, 0.25) is 0 Å². The first-order chi connectivity index (χ1) is 7.52. The van der Waals surface area contributed by atoms with Gasteiger partial charge in [-0.05, 0) is 9.91 Å². The molecule has 0 N–H and O–H groups in total. The molecule has 1 aromatic rings. The van der Waals surface area contributed by atoms with Crippen LogP contribution in [0.3, 0.4) is 0 Å². The van der Waals surface area contributed by atoms with Crippen LogP contribution in [0.1, 0.15) is 23.1 Å². The highest BCUT2D eigenvalue weighted by Gasteiger charge is 2.26. The van der Waals surface area contributed by atoms with Gasteiger partial charge in [-0.25, -0.2) is 8.78 Å². The molecule has 0 aromatic carbocycles. The first-order valence-corrected chi connectivity index (χ1v) is 5.05. The molecule has 1 heterocycles. The summed E-state index contributed by atoms with van der Waals surface area (Å²) in [5.74, 6) is -0.585. The van der Waals surface area contributed by atoms with Gasteiger partial charge in [0.1, 0.15) is 6.07 Å².